The van der Waals surface area contributed by atoms with Crippen LogP contribution in [0, 0.1) is 0 Å². The molecule has 14 nitrogen and oxygen atoms in total. The number of aliphatic hydroxyl groups is 4. The molecule has 2 aromatic rings. The Hall–Kier alpha value is -4.08. The van der Waals surface area contributed by atoms with Gasteiger partial charge in [-0.25, -0.2) is 4.79 Å². The molecule has 2 aromatic carbocycles. The molecule has 1 aliphatic rings. The van der Waals surface area contributed by atoms with Crippen molar-refractivity contribution in [3.63, 3.8) is 0 Å². The first-order valence-corrected chi connectivity index (χ1v) is 14.2. The number of aliphatic hydroxyl groups excluding tert-OH is 4. The van der Waals surface area contributed by atoms with Gasteiger partial charge in [0, 0.05) is 19.4 Å². The highest BCUT2D eigenvalue weighted by Crippen LogP contribution is 2.21. The summed E-state index contributed by atoms with van der Waals surface area (Å²) in [6.07, 6.45) is -5.80. The Bertz CT molecular complexity index is 1270. The average Bonchev–Trinajstić information content (AvgIpc) is 3.38. The number of carboxylic acids is 1. The third-order valence-electron chi connectivity index (χ3n) is 7.30. The van der Waals surface area contributed by atoms with Gasteiger partial charge in [0.2, 0.25) is 17.7 Å². The van der Waals surface area contributed by atoms with Gasteiger partial charge in [-0.1, -0.05) is 42.5 Å². The number of rotatable bonds is 14. The first-order chi connectivity index (χ1) is 20.8. The van der Waals surface area contributed by atoms with E-state index >= 15 is 0 Å². The lowest BCUT2D eigenvalue weighted by atomic mass is 9.99. The number of nitrogens with two attached hydrogens (primary N) is 1. The number of likely N-dealkylation sites (tertiary alicyclic amines) is 1. The molecule has 1 unspecified atom stereocenters. The highest BCUT2D eigenvalue weighted by atomic mass is 16.5. The number of β-amino-alcohol motifs (C(OH)–C–C–N with tert-alkyl or cyclic N) is 1. The first kappa shape index (κ1) is 34.4. The van der Waals surface area contributed by atoms with E-state index in [0.717, 1.165) is 17.4 Å². The van der Waals surface area contributed by atoms with Gasteiger partial charge in [-0.3, -0.25) is 14.4 Å². The fourth-order valence-electron chi connectivity index (χ4n) is 4.74. The van der Waals surface area contributed by atoms with Crippen LogP contribution in [0.4, 0.5) is 0 Å². The Labute approximate surface area is 254 Å². The minimum Gasteiger partial charge on any atom is -0.489 e. The lowest BCUT2D eigenvalue weighted by molar-refractivity contribution is -0.146. The minimum atomic E-state index is -1.74. The van der Waals surface area contributed by atoms with E-state index in [4.69, 9.17) is 10.5 Å². The third-order valence-corrected chi connectivity index (χ3v) is 7.30. The second kappa shape index (κ2) is 15.6. The number of nitrogens with one attached hydrogen (secondary N) is 2. The van der Waals surface area contributed by atoms with Gasteiger partial charge in [0.15, 0.2) is 6.04 Å². The maximum absolute atomic E-state index is 13.4. The summed E-state index contributed by atoms with van der Waals surface area (Å²) < 4.78 is 5.77. The first-order valence-electron chi connectivity index (χ1n) is 14.2. The summed E-state index contributed by atoms with van der Waals surface area (Å²) in [5, 5.41) is 54.8. The largest absolute Gasteiger partial charge is 0.489 e. The number of carbonyl (C=O) groups excluding carboxylic acids is 3. The van der Waals surface area contributed by atoms with E-state index in [1.165, 1.54) is 6.92 Å². The zero-order valence-corrected chi connectivity index (χ0v) is 24.4. The van der Waals surface area contributed by atoms with E-state index in [1.807, 2.05) is 30.3 Å². The van der Waals surface area contributed by atoms with E-state index in [9.17, 15) is 44.7 Å². The summed E-state index contributed by atoms with van der Waals surface area (Å²) in [6, 6.07) is 10.0. The van der Waals surface area contributed by atoms with Crippen molar-refractivity contribution in [3.05, 3.63) is 65.7 Å². The summed E-state index contributed by atoms with van der Waals surface area (Å²) in [6.45, 7) is 2.53. The van der Waals surface area contributed by atoms with Crippen LogP contribution in [0.25, 0.3) is 0 Å². The summed E-state index contributed by atoms with van der Waals surface area (Å²) in [5.74, 6) is -3.80. The average molecular weight is 617 g/mol. The quantitative estimate of drug-likeness (QED) is 0.119. The fourth-order valence-corrected chi connectivity index (χ4v) is 4.74. The number of amides is 3. The van der Waals surface area contributed by atoms with Crippen molar-refractivity contribution >= 4 is 23.7 Å². The molecule has 8 atom stereocenters. The molecular formula is C30H40N4O10. The van der Waals surface area contributed by atoms with Gasteiger partial charge < -0.3 is 51.5 Å². The molecule has 0 aromatic heterocycles. The van der Waals surface area contributed by atoms with Gasteiger partial charge in [0.1, 0.15) is 30.5 Å². The summed E-state index contributed by atoms with van der Waals surface area (Å²) >= 11 is 0. The molecule has 0 radical (unpaired) electrons. The molecule has 9 N–H and O–H groups in total. The maximum Gasteiger partial charge on any atom is 0.328 e. The molecule has 14 heteroatoms. The monoisotopic (exact) mass is 616 g/mol. The number of carboxylic acid groups (broad SMARTS) is 1. The Morgan fingerprint density at radius 3 is 2.14 bits per heavy atom. The molecule has 0 aliphatic carbocycles. The number of benzene rings is 2. The summed E-state index contributed by atoms with van der Waals surface area (Å²) in [7, 11) is 0. The van der Waals surface area contributed by atoms with Crippen molar-refractivity contribution in [1.29, 1.82) is 0 Å². The zero-order valence-electron chi connectivity index (χ0n) is 24.4. The number of nitrogens with zero attached hydrogens (tertiary/aromatic N) is 1. The highest BCUT2D eigenvalue weighted by molar-refractivity contribution is 5.95. The fraction of sp³-hybridized carbons (Fsp3) is 0.467. The predicted octanol–water partition coefficient (Wildman–Crippen LogP) is -1.73. The number of hydrogen-bond donors (Lipinski definition) is 8. The second-order valence-electron chi connectivity index (χ2n) is 10.9. The Kier molecular flexibility index (Phi) is 12.2. The van der Waals surface area contributed by atoms with E-state index in [-0.39, 0.29) is 19.4 Å². The van der Waals surface area contributed by atoms with E-state index < -0.39 is 72.3 Å². The lowest BCUT2D eigenvalue weighted by Gasteiger charge is -2.30. The van der Waals surface area contributed by atoms with Crippen molar-refractivity contribution in [2.24, 2.45) is 5.73 Å². The molecule has 0 saturated carbocycles. The Morgan fingerprint density at radius 1 is 0.932 bits per heavy atom. The summed E-state index contributed by atoms with van der Waals surface area (Å²) in [5.41, 5.74) is 7.28. The molecule has 0 spiro atoms. The summed E-state index contributed by atoms with van der Waals surface area (Å²) in [4.78, 5) is 52.0. The molecule has 1 heterocycles. The molecule has 3 amide bonds. The number of aliphatic carboxylic acids is 1. The van der Waals surface area contributed by atoms with Crippen molar-refractivity contribution in [2.75, 3.05) is 6.54 Å². The van der Waals surface area contributed by atoms with Crippen LogP contribution in [-0.2, 0) is 32.2 Å². The maximum atomic E-state index is 13.4. The molecule has 1 aliphatic heterocycles. The number of hydrogen-bond acceptors (Lipinski definition) is 10. The van der Waals surface area contributed by atoms with Crippen LogP contribution in [-0.4, -0.2) is 109 Å². The van der Waals surface area contributed by atoms with Gasteiger partial charge >= 0.3 is 5.97 Å². The number of ether oxygens (including phenoxy) is 1. The second-order valence-corrected chi connectivity index (χ2v) is 10.9. The van der Waals surface area contributed by atoms with Gasteiger partial charge in [-0.2, -0.15) is 0 Å². The van der Waals surface area contributed by atoms with Gasteiger partial charge in [0.25, 0.3) is 0 Å². The zero-order chi connectivity index (χ0) is 32.6. The minimum absolute atomic E-state index is 0.160. The number of carbonyl (C=O) groups is 4. The van der Waals surface area contributed by atoms with Crippen LogP contribution in [0.3, 0.4) is 0 Å². The molecule has 44 heavy (non-hydrogen) atoms. The van der Waals surface area contributed by atoms with Gasteiger partial charge in [0.05, 0.1) is 24.4 Å². The lowest BCUT2D eigenvalue weighted by Crippen LogP contribution is -2.61. The van der Waals surface area contributed by atoms with Crippen LogP contribution in [0.15, 0.2) is 54.6 Å². The van der Waals surface area contributed by atoms with Crippen molar-refractivity contribution in [2.45, 2.75) is 81.9 Å². The van der Waals surface area contributed by atoms with E-state index in [2.05, 4.69) is 10.6 Å². The van der Waals surface area contributed by atoms with Crippen LogP contribution in [0.5, 0.6) is 5.75 Å². The SMILES string of the molecule is C[C@@H](O)[C@H](N)C(=O)N1CC(O)C[C@H]1C(=O)N[C@H](C(=O)N[C@H](C(=O)O)[C@@H](C)O)[C@H](O)Cc1ccc(OCc2ccccc2)cc1. The molecule has 3 rings (SSSR count). The Balaban J connectivity index is 1.78. The topological polar surface area (TPSA) is 232 Å². The van der Waals surface area contributed by atoms with E-state index in [1.54, 1.807) is 24.3 Å². The highest BCUT2D eigenvalue weighted by Gasteiger charge is 2.43. The molecule has 1 fully saturated rings. The van der Waals surface area contributed by atoms with Crippen molar-refractivity contribution < 1.29 is 49.4 Å². The smallest absolute Gasteiger partial charge is 0.328 e. The Morgan fingerprint density at radius 2 is 1.57 bits per heavy atom. The predicted molar refractivity (Wildman–Crippen MR) is 156 cm³/mol. The third kappa shape index (κ3) is 9.21. The van der Waals surface area contributed by atoms with Gasteiger partial charge in [-0.15, -0.1) is 0 Å². The molecule has 1 saturated heterocycles. The van der Waals surface area contributed by atoms with Crippen LogP contribution < -0.4 is 21.1 Å². The molecule has 240 valence electrons. The van der Waals surface area contributed by atoms with Crippen LogP contribution in [0.2, 0.25) is 0 Å². The standard InChI is InChI=1S/C30H40N4O10/c1-16(35)24(31)29(41)34-14-20(37)13-22(34)27(39)33-26(28(40)32-25(17(2)36)30(42)43)23(38)12-18-8-10-21(11-9-18)44-15-19-6-4-3-5-7-19/h3-11,16-17,20,22-26,35-38H,12-15,31H2,1-2H3,(H,32,40)(H,33,39)(H,42,43)/t16-,17-,20?,22+,23-,24+,25+,26+/m1/s1. The molecule has 0 bridgehead atoms. The molecular weight excluding hydrogens is 576 g/mol. The van der Waals surface area contributed by atoms with E-state index in [0.29, 0.717) is 17.9 Å². The van der Waals surface area contributed by atoms with Gasteiger partial charge in [-0.05, 0) is 37.1 Å². The normalized spacial score (nSPS) is 20.5. The van der Waals surface area contributed by atoms with Crippen LogP contribution >= 0.6 is 0 Å². The van der Waals surface area contributed by atoms with Crippen LogP contribution in [0.1, 0.15) is 31.4 Å². The van der Waals surface area contributed by atoms with Crippen molar-refractivity contribution in [3.8, 4) is 5.75 Å². The van der Waals surface area contributed by atoms with Crippen molar-refractivity contribution in [1.82, 2.24) is 15.5 Å².